The number of thiazole rings is 1. The molecular formula is C14H15F3N2O2S. The first-order chi connectivity index (χ1) is 10.3. The first kappa shape index (κ1) is 16.7. The summed E-state index contributed by atoms with van der Waals surface area (Å²) >= 11 is 1.45. The molecule has 0 radical (unpaired) electrons. The monoisotopic (exact) mass is 332 g/mol. The summed E-state index contributed by atoms with van der Waals surface area (Å²) in [4.78, 5) is 17.7. The van der Waals surface area contributed by atoms with Gasteiger partial charge in [0.15, 0.2) is 0 Å². The van der Waals surface area contributed by atoms with Crippen molar-refractivity contribution in [3.8, 4) is 0 Å². The first-order valence-corrected chi connectivity index (χ1v) is 7.35. The van der Waals surface area contributed by atoms with Gasteiger partial charge in [-0.3, -0.25) is 4.79 Å². The average molecular weight is 332 g/mol. The van der Waals surface area contributed by atoms with E-state index in [4.69, 9.17) is 0 Å². The number of benzene rings is 1. The van der Waals surface area contributed by atoms with E-state index >= 15 is 0 Å². The van der Waals surface area contributed by atoms with Crippen molar-refractivity contribution in [2.24, 2.45) is 0 Å². The van der Waals surface area contributed by atoms with Gasteiger partial charge in [-0.15, -0.1) is 11.3 Å². The van der Waals surface area contributed by atoms with Crippen LogP contribution in [-0.4, -0.2) is 41.7 Å². The lowest BCUT2D eigenvalue weighted by Crippen LogP contribution is -2.37. The van der Waals surface area contributed by atoms with Gasteiger partial charge in [-0.25, -0.2) is 4.98 Å². The molecule has 1 amide bonds. The third-order valence-electron chi connectivity index (χ3n) is 2.93. The summed E-state index contributed by atoms with van der Waals surface area (Å²) < 4.78 is 41.8. The number of alkyl halides is 3. The van der Waals surface area contributed by atoms with Crippen LogP contribution in [0.15, 0.2) is 24.3 Å². The molecule has 0 saturated carbocycles. The summed E-state index contributed by atoms with van der Waals surface area (Å²) in [5, 5.41) is 0.722. The fourth-order valence-corrected chi connectivity index (χ4v) is 2.89. The Bertz CT molecular complexity index is 624. The normalized spacial score (nSPS) is 13.3. The number of hydrogen-bond donors (Lipinski definition) is 0. The van der Waals surface area contributed by atoms with E-state index in [0.29, 0.717) is 0 Å². The van der Waals surface area contributed by atoms with Crippen molar-refractivity contribution in [2.45, 2.75) is 25.7 Å². The molecule has 0 saturated heterocycles. The Balaban J connectivity index is 1.95. The molecule has 0 fully saturated rings. The standard InChI is InChI=1S/C14H15F3N2O2S/c1-9(21-8-14(15,16)17)13(20)19(2)7-12-18-10-5-3-4-6-11(10)22-12/h3-6,9H,7-8H2,1-2H3/t9-/m0/s1. The van der Waals surface area contributed by atoms with Crippen molar-refractivity contribution in [3.05, 3.63) is 29.3 Å². The minimum Gasteiger partial charge on any atom is -0.359 e. The van der Waals surface area contributed by atoms with Gasteiger partial charge in [-0.1, -0.05) is 12.1 Å². The molecule has 0 unspecified atom stereocenters. The van der Waals surface area contributed by atoms with Gasteiger partial charge in [0.05, 0.1) is 16.8 Å². The van der Waals surface area contributed by atoms with Crippen LogP contribution in [0.2, 0.25) is 0 Å². The largest absolute Gasteiger partial charge is 0.411 e. The van der Waals surface area contributed by atoms with Gasteiger partial charge in [0, 0.05) is 7.05 Å². The van der Waals surface area contributed by atoms with Crippen molar-refractivity contribution < 1.29 is 22.7 Å². The average Bonchev–Trinajstić information content (AvgIpc) is 2.85. The predicted molar refractivity (Wildman–Crippen MR) is 77.6 cm³/mol. The summed E-state index contributed by atoms with van der Waals surface area (Å²) in [6, 6.07) is 7.56. The number of fused-ring (bicyclic) bond motifs is 1. The topological polar surface area (TPSA) is 42.4 Å². The Morgan fingerprint density at radius 3 is 2.73 bits per heavy atom. The molecule has 2 rings (SSSR count). The number of aromatic nitrogens is 1. The molecule has 0 spiro atoms. The van der Waals surface area contributed by atoms with E-state index in [1.807, 2.05) is 24.3 Å². The second kappa shape index (κ2) is 6.62. The molecule has 8 heteroatoms. The third-order valence-corrected chi connectivity index (χ3v) is 3.95. The van der Waals surface area contributed by atoms with Crippen LogP contribution in [-0.2, 0) is 16.1 Å². The van der Waals surface area contributed by atoms with Crippen molar-refractivity contribution in [2.75, 3.05) is 13.7 Å². The van der Waals surface area contributed by atoms with Crippen LogP contribution in [0.5, 0.6) is 0 Å². The van der Waals surface area contributed by atoms with Gasteiger partial charge >= 0.3 is 6.18 Å². The number of carbonyl (C=O) groups excluding carboxylic acids is 1. The van der Waals surface area contributed by atoms with Gasteiger partial charge in [-0.05, 0) is 19.1 Å². The van der Waals surface area contributed by atoms with E-state index in [0.717, 1.165) is 15.2 Å². The Labute approximate surface area is 129 Å². The molecule has 120 valence electrons. The zero-order valence-corrected chi connectivity index (χ0v) is 12.9. The number of nitrogens with zero attached hydrogens (tertiary/aromatic N) is 2. The van der Waals surface area contributed by atoms with E-state index in [1.165, 1.54) is 30.2 Å². The zero-order valence-electron chi connectivity index (χ0n) is 12.1. The molecule has 22 heavy (non-hydrogen) atoms. The van der Waals surface area contributed by atoms with Gasteiger partial charge in [-0.2, -0.15) is 13.2 Å². The lowest BCUT2D eigenvalue weighted by molar-refractivity contribution is -0.188. The summed E-state index contributed by atoms with van der Waals surface area (Å²) in [7, 11) is 1.52. The van der Waals surface area contributed by atoms with Crippen molar-refractivity contribution in [1.82, 2.24) is 9.88 Å². The molecule has 0 bridgehead atoms. The number of ether oxygens (including phenoxy) is 1. The number of amides is 1. The van der Waals surface area contributed by atoms with Crippen LogP contribution in [0.4, 0.5) is 13.2 Å². The summed E-state index contributed by atoms with van der Waals surface area (Å²) in [5.41, 5.74) is 0.838. The van der Waals surface area contributed by atoms with Crippen LogP contribution in [0, 0.1) is 0 Å². The molecule has 1 atom stereocenters. The number of carbonyl (C=O) groups is 1. The van der Waals surface area contributed by atoms with E-state index in [1.54, 1.807) is 0 Å². The van der Waals surface area contributed by atoms with Crippen molar-refractivity contribution >= 4 is 27.5 Å². The van der Waals surface area contributed by atoms with E-state index in [-0.39, 0.29) is 6.54 Å². The molecule has 1 aromatic heterocycles. The fourth-order valence-electron chi connectivity index (χ4n) is 1.87. The van der Waals surface area contributed by atoms with Crippen LogP contribution in [0.3, 0.4) is 0 Å². The Hall–Kier alpha value is -1.67. The molecular weight excluding hydrogens is 317 g/mol. The highest BCUT2D eigenvalue weighted by Crippen LogP contribution is 2.22. The second-order valence-electron chi connectivity index (χ2n) is 4.84. The SMILES string of the molecule is C[C@H](OCC(F)(F)F)C(=O)N(C)Cc1nc2ccccc2s1. The molecule has 4 nitrogen and oxygen atoms in total. The Morgan fingerprint density at radius 2 is 2.09 bits per heavy atom. The maximum atomic E-state index is 12.1. The Morgan fingerprint density at radius 1 is 1.41 bits per heavy atom. The van der Waals surface area contributed by atoms with E-state index < -0.39 is 24.8 Å². The highest BCUT2D eigenvalue weighted by molar-refractivity contribution is 7.18. The quantitative estimate of drug-likeness (QED) is 0.844. The van der Waals surface area contributed by atoms with Crippen LogP contribution >= 0.6 is 11.3 Å². The zero-order chi connectivity index (χ0) is 16.3. The lowest BCUT2D eigenvalue weighted by atomic mass is 10.3. The van der Waals surface area contributed by atoms with Crippen molar-refractivity contribution in [1.29, 1.82) is 0 Å². The first-order valence-electron chi connectivity index (χ1n) is 6.54. The number of halogens is 3. The minimum absolute atomic E-state index is 0.234. The van der Waals surface area contributed by atoms with Gasteiger partial charge < -0.3 is 9.64 Å². The molecule has 0 aliphatic heterocycles. The van der Waals surface area contributed by atoms with E-state index in [9.17, 15) is 18.0 Å². The highest BCUT2D eigenvalue weighted by atomic mass is 32.1. The van der Waals surface area contributed by atoms with E-state index in [2.05, 4.69) is 9.72 Å². The van der Waals surface area contributed by atoms with Crippen LogP contribution < -0.4 is 0 Å². The molecule has 0 N–H and O–H groups in total. The van der Waals surface area contributed by atoms with Gasteiger partial charge in [0.1, 0.15) is 17.7 Å². The highest BCUT2D eigenvalue weighted by Gasteiger charge is 2.30. The molecule has 2 aromatic rings. The predicted octanol–water partition coefficient (Wildman–Crippen LogP) is 3.22. The third kappa shape index (κ3) is 4.41. The fraction of sp³-hybridized carbons (Fsp3) is 0.429. The van der Waals surface area contributed by atoms with Crippen molar-refractivity contribution in [3.63, 3.8) is 0 Å². The van der Waals surface area contributed by atoms with Gasteiger partial charge in [0.25, 0.3) is 5.91 Å². The van der Waals surface area contributed by atoms with Gasteiger partial charge in [0.2, 0.25) is 0 Å². The second-order valence-corrected chi connectivity index (χ2v) is 5.95. The number of para-hydroxylation sites is 1. The maximum absolute atomic E-state index is 12.1. The molecule has 0 aliphatic carbocycles. The number of hydrogen-bond acceptors (Lipinski definition) is 4. The summed E-state index contributed by atoms with van der Waals surface area (Å²) in [6.45, 7) is 0.107. The smallest absolute Gasteiger partial charge is 0.359 e. The maximum Gasteiger partial charge on any atom is 0.411 e. The molecule has 1 heterocycles. The minimum atomic E-state index is -4.44. The summed E-state index contributed by atoms with van der Waals surface area (Å²) in [6.07, 6.45) is -5.60. The molecule has 1 aromatic carbocycles. The molecule has 0 aliphatic rings. The number of likely N-dealkylation sites (N-methyl/N-ethyl adjacent to an activating group) is 1. The Kier molecular flexibility index (Phi) is 5.02. The van der Waals surface area contributed by atoms with Crippen LogP contribution in [0.25, 0.3) is 10.2 Å². The number of rotatable bonds is 5. The lowest BCUT2D eigenvalue weighted by Gasteiger charge is -2.21. The summed E-state index contributed by atoms with van der Waals surface area (Å²) in [5.74, 6) is -0.511. The van der Waals surface area contributed by atoms with Crippen LogP contribution in [0.1, 0.15) is 11.9 Å².